The van der Waals surface area contributed by atoms with E-state index in [0.29, 0.717) is 38.2 Å². The topological polar surface area (TPSA) is 70.9 Å². The van der Waals surface area contributed by atoms with E-state index in [1.54, 1.807) is 59.5 Å². The van der Waals surface area contributed by atoms with Crippen molar-refractivity contribution in [2.75, 3.05) is 31.1 Å². The van der Waals surface area contributed by atoms with E-state index in [1.807, 2.05) is 12.1 Å². The molecule has 0 bridgehead atoms. The molecule has 1 aliphatic heterocycles. The second kappa shape index (κ2) is 12.5. The van der Waals surface area contributed by atoms with Crippen molar-refractivity contribution in [2.45, 2.75) is 43.0 Å². The van der Waals surface area contributed by atoms with Gasteiger partial charge in [-0.25, -0.2) is 4.21 Å². The van der Waals surface area contributed by atoms with Crippen LogP contribution in [0.3, 0.4) is 0 Å². The van der Waals surface area contributed by atoms with Gasteiger partial charge in [-0.1, -0.05) is 49.7 Å². The Labute approximate surface area is 226 Å². The Kier molecular flexibility index (Phi) is 9.14. The molecule has 0 radical (unpaired) electrons. The number of carbonyl (C=O) groups excluding carboxylic acids is 2. The summed E-state index contributed by atoms with van der Waals surface area (Å²) in [5.41, 5.74) is 2.12. The maximum absolute atomic E-state index is 13.7. The largest absolute Gasteiger partial charge is 0.346 e. The Balaban J connectivity index is 1.65. The molecule has 1 atom stereocenters. The minimum Gasteiger partial charge on any atom is -0.346 e. The molecule has 0 saturated heterocycles. The Morgan fingerprint density at radius 2 is 1.70 bits per heavy atom. The lowest BCUT2D eigenvalue weighted by molar-refractivity contribution is -0.898. The minimum absolute atomic E-state index is 0.210. The van der Waals surface area contributed by atoms with E-state index >= 15 is 0 Å². The van der Waals surface area contributed by atoms with Crippen molar-refractivity contribution in [2.24, 2.45) is 0 Å². The van der Waals surface area contributed by atoms with Gasteiger partial charge in [0.25, 0.3) is 11.8 Å². The first-order valence-corrected chi connectivity index (χ1v) is 14.3. The third kappa shape index (κ3) is 6.29. The third-order valence-electron chi connectivity index (χ3n) is 6.47. The number of hydrogen-bond donors (Lipinski definition) is 2. The Bertz CT molecular complexity index is 1310. The molecule has 2 amide bonds. The van der Waals surface area contributed by atoms with Gasteiger partial charge in [-0.3, -0.25) is 9.59 Å². The van der Waals surface area contributed by atoms with Crippen LogP contribution in [0.15, 0.2) is 76.5 Å². The van der Waals surface area contributed by atoms with Gasteiger partial charge in [0, 0.05) is 10.6 Å². The summed E-state index contributed by atoms with van der Waals surface area (Å²) < 4.78 is 13.6. The normalized spacial score (nSPS) is 14.8. The van der Waals surface area contributed by atoms with Crippen molar-refractivity contribution >= 4 is 39.9 Å². The molecule has 1 aliphatic rings. The molecule has 0 aliphatic carbocycles. The minimum atomic E-state index is -1.57. The van der Waals surface area contributed by atoms with Crippen LogP contribution in [-0.4, -0.2) is 42.2 Å². The monoisotopic (exact) mass is 538 g/mol. The third-order valence-corrected chi connectivity index (χ3v) is 8.21. The fourth-order valence-electron chi connectivity index (χ4n) is 4.72. The standard InChI is InChI=1S/C29H32ClN3O3S/c1-3-15-32(16-4-2)17-14-31-28(34)22-12-13-27-25(19-22)33(20-21-8-7-9-23(30)18-21)29(35)24-10-5-6-11-26(24)37(27)36/h5-13,18-19H,3-4,14-17,20H2,1-2H3,(H,31,34)/p+1. The average molecular weight is 539 g/mol. The number of benzene rings is 3. The van der Waals surface area contributed by atoms with E-state index in [9.17, 15) is 13.8 Å². The van der Waals surface area contributed by atoms with Crippen LogP contribution in [0.25, 0.3) is 0 Å². The summed E-state index contributed by atoms with van der Waals surface area (Å²) in [6, 6.07) is 19.3. The van der Waals surface area contributed by atoms with Crippen molar-refractivity contribution in [3.8, 4) is 0 Å². The fourth-order valence-corrected chi connectivity index (χ4v) is 6.27. The second-order valence-corrected chi connectivity index (χ2v) is 11.1. The van der Waals surface area contributed by atoms with Gasteiger partial charge in [-0.15, -0.1) is 0 Å². The highest BCUT2D eigenvalue weighted by molar-refractivity contribution is 7.85. The van der Waals surface area contributed by atoms with Crippen LogP contribution in [0.5, 0.6) is 0 Å². The molecule has 0 aromatic heterocycles. The maximum Gasteiger partial charge on any atom is 0.259 e. The summed E-state index contributed by atoms with van der Waals surface area (Å²) >= 11 is 6.21. The van der Waals surface area contributed by atoms with Crippen molar-refractivity contribution in [1.82, 2.24) is 5.32 Å². The number of rotatable bonds is 10. The van der Waals surface area contributed by atoms with Gasteiger partial charge in [-0.2, -0.15) is 0 Å². The Hall–Kier alpha value is -3.00. The molecule has 1 unspecified atom stereocenters. The predicted octanol–water partition coefficient (Wildman–Crippen LogP) is 4.10. The van der Waals surface area contributed by atoms with Crippen LogP contribution in [-0.2, 0) is 17.3 Å². The van der Waals surface area contributed by atoms with E-state index < -0.39 is 10.8 Å². The number of hydrogen-bond acceptors (Lipinski definition) is 3. The summed E-state index contributed by atoms with van der Waals surface area (Å²) in [5.74, 6) is -0.476. The molecule has 37 heavy (non-hydrogen) atoms. The van der Waals surface area contributed by atoms with Crippen molar-refractivity contribution in [1.29, 1.82) is 0 Å². The quantitative estimate of drug-likeness (QED) is 0.408. The van der Waals surface area contributed by atoms with Gasteiger partial charge in [0.05, 0.1) is 64.6 Å². The smallest absolute Gasteiger partial charge is 0.259 e. The molecule has 0 spiro atoms. The molecule has 6 nitrogen and oxygen atoms in total. The predicted molar refractivity (Wildman–Crippen MR) is 148 cm³/mol. The molecule has 0 fully saturated rings. The van der Waals surface area contributed by atoms with Gasteiger partial charge < -0.3 is 15.1 Å². The Morgan fingerprint density at radius 3 is 2.43 bits per heavy atom. The SMILES string of the molecule is CCC[NH+](CCC)CCNC(=O)c1ccc2c(c1)N(Cc1cccc(Cl)c1)C(=O)c1ccccc1S2=O. The van der Waals surface area contributed by atoms with Crippen LogP contribution in [0.4, 0.5) is 5.69 Å². The molecule has 3 aromatic carbocycles. The second-order valence-electron chi connectivity index (χ2n) is 9.22. The highest BCUT2D eigenvalue weighted by Crippen LogP contribution is 2.36. The van der Waals surface area contributed by atoms with Gasteiger partial charge in [0.1, 0.15) is 0 Å². The summed E-state index contributed by atoms with van der Waals surface area (Å²) in [6.07, 6.45) is 2.20. The maximum atomic E-state index is 13.7. The first kappa shape index (κ1) is 27.0. The highest BCUT2D eigenvalue weighted by atomic mass is 35.5. The highest BCUT2D eigenvalue weighted by Gasteiger charge is 2.31. The number of nitrogens with one attached hydrogen (secondary N) is 2. The van der Waals surface area contributed by atoms with E-state index in [-0.39, 0.29) is 18.4 Å². The first-order chi connectivity index (χ1) is 17.9. The van der Waals surface area contributed by atoms with Crippen molar-refractivity contribution in [3.63, 3.8) is 0 Å². The number of quaternary nitrogens is 1. The summed E-state index contributed by atoms with van der Waals surface area (Å²) in [6.45, 7) is 8.15. The van der Waals surface area contributed by atoms with Gasteiger partial charge in [0.15, 0.2) is 0 Å². The molecule has 0 saturated carbocycles. The molecule has 3 aromatic rings. The van der Waals surface area contributed by atoms with E-state index in [4.69, 9.17) is 11.6 Å². The zero-order valence-corrected chi connectivity index (χ0v) is 22.8. The van der Waals surface area contributed by atoms with Crippen molar-refractivity contribution < 1.29 is 18.7 Å². The molecular formula is C29H33ClN3O3S+. The van der Waals surface area contributed by atoms with Crippen LogP contribution in [0, 0.1) is 0 Å². The van der Waals surface area contributed by atoms with Crippen LogP contribution >= 0.6 is 11.6 Å². The molecule has 194 valence electrons. The number of anilines is 1. The number of halogens is 1. The first-order valence-electron chi connectivity index (χ1n) is 12.8. The number of amides is 2. The average Bonchev–Trinajstić information content (AvgIpc) is 2.98. The van der Waals surface area contributed by atoms with Crippen LogP contribution in [0.2, 0.25) is 5.02 Å². The van der Waals surface area contributed by atoms with Gasteiger partial charge in [0.2, 0.25) is 0 Å². The van der Waals surface area contributed by atoms with E-state index in [2.05, 4.69) is 19.2 Å². The van der Waals surface area contributed by atoms with Gasteiger partial charge in [-0.05, 0) is 60.9 Å². The lowest BCUT2D eigenvalue weighted by Gasteiger charge is -2.24. The van der Waals surface area contributed by atoms with Crippen LogP contribution in [0.1, 0.15) is 53.0 Å². The zero-order chi connectivity index (χ0) is 26.4. The molecule has 1 heterocycles. The molecular weight excluding hydrogens is 506 g/mol. The van der Waals surface area contributed by atoms with Gasteiger partial charge >= 0.3 is 0 Å². The fraction of sp³-hybridized carbons (Fsp3) is 0.310. The summed E-state index contributed by atoms with van der Waals surface area (Å²) in [5, 5.41) is 3.59. The summed E-state index contributed by atoms with van der Waals surface area (Å²) in [4.78, 5) is 30.9. The van der Waals surface area contributed by atoms with E-state index in [1.165, 1.54) is 4.90 Å². The van der Waals surface area contributed by atoms with Crippen LogP contribution < -0.4 is 15.1 Å². The number of nitrogens with zero attached hydrogens (tertiary/aromatic N) is 1. The lowest BCUT2D eigenvalue weighted by Crippen LogP contribution is -3.12. The summed E-state index contributed by atoms with van der Waals surface area (Å²) in [7, 11) is -1.57. The molecule has 2 N–H and O–H groups in total. The number of fused-ring (bicyclic) bond motifs is 2. The Morgan fingerprint density at radius 1 is 0.946 bits per heavy atom. The van der Waals surface area contributed by atoms with Crippen molar-refractivity contribution in [3.05, 3.63) is 88.4 Å². The number of carbonyl (C=O) groups is 2. The molecule has 8 heteroatoms. The molecule has 4 rings (SSSR count). The zero-order valence-electron chi connectivity index (χ0n) is 21.3. The lowest BCUT2D eigenvalue weighted by atomic mass is 10.1. The van der Waals surface area contributed by atoms with E-state index in [0.717, 1.165) is 38.0 Å².